The Kier molecular flexibility index (Phi) is 5.91. The quantitative estimate of drug-likeness (QED) is 0.514. The predicted molar refractivity (Wildman–Crippen MR) is 123 cm³/mol. The van der Waals surface area contributed by atoms with E-state index in [9.17, 15) is 4.79 Å². The average molecular weight is 418 g/mol. The molecule has 152 valence electrons. The largest absolute Gasteiger partial charge is 0.449 e. The number of hydrogen-bond acceptors (Lipinski definition) is 2. The number of hydrogen-bond donors (Lipinski definition) is 1. The van der Waals surface area contributed by atoms with Gasteiger partial charge in [0.1, 0.15) is 6.61 Å². The van der Waals surface area contributed by atoms with E-state index in [1.165, 1.54) is 22.3 Å². The van der Waals surface area contributed by atoms with Crippen LogP contribution in [-0.4, -0.2) is 19.2 Å². The molecule has 3 aromatic carbocycles. The lowest BCUT2D eigenvalue weighted by atomic mass is 9.98. The normalized spacial score (nSPS) is 12.6. The molecule has 0 spiro atoms. The SMILES string of the molecule is Cc1cc(Cl)cc(C)c1C=CCNC(=O)OCC1c2ccccc2-c2ccccc21. The summed E-state index contributed by atoms with van der Waals surface area (Å²) in [5, 5.41) is 3.54. The smallest absolute Gasteiger partial charge is 0.407 e. The van der Waals surface area contributed by atoms with Gasteiger partial charge in [-0.1, -0.05) is 72.3 Å². The number of benzene rings is 3. The maximum atomic E-state index is 12.2. The Morgan fingerprint density at radius 3 is 2.17 bits per heavy atom. The highest BCUT2D eigenvalue weighted by Crippen LogP contribution is 2.44. The molecule has 1 amide bonds. The molecule has 0 fully saturated rings. The molecule has 0 unspecified atom stereocenters. The third-order valence-electron chi connectivity index (χ3n) is 5.55. The molecule has 0 radical (unpaired) electrons. The summed E-state index contributed by atoms with van der Waals surface area (Å²) >= 11 is 6.08. The van der Waals surface area contributed by atoms with Crippen molar-refractivity contribution in [3.05, 3.63) is 99.6 Å². The van der Waals surface area contributed by atoms with E-state index in [4.69, 9.17) is 16.3 Å². The van der Waals surface area contributed by atoms with Crippen LogP contribution in [0, 0.1) is 13.8 Å². The van der Waals surface area contributed by atoms with E-state index in [2.05, 4.69) is 29.6 Å². The van der Waals surface area contributed by atoms with Gasteiger partial charge in [0.15, 0.2) is 0 Å². The predicted octanol–water partition coefficient (Wildman–Crippen LogP) is 6.51. The van der Waals surface area contributed by atoms with Crippen LogP contribution in [-0.2, 0) is 4.74 Å². The van der Waals surface area contributed by atoms with Gasteiger partial charge in [0.05, 0.1) is 0 Å². The fourth-order valence-electron chi connectivity index (χ4n) is 4.15. The first-order chi connectivity index (χ1) is 14.5. The molecule has 4 heteroatoms. The topological polar surface area (TPSA) is 38.3 Å². The van der Waals surface area contributed by atoms with Crippen molar-refractivity contribution >= 4 is 23.8 Å². The van der Waals surface area contributed by atoms with Crippen LogP contribution in [0.1, 0.15) is 33.7 Å². The number of halogens is 1. The second-order valence-corrected chi connectivity index (χ2v) is 8.00. The Balaban J connectivity index is 1.35. The van der Waals surface area contributed by atoms with Gasteiger partial charge in [-0.05, 0) is 64.9 Å². The molecule has 30 heavy (non-hydrogen) atoms. The molecule has 0 saturated heterocycles. The summed E-state index contributed by atoms with van der Waals surface area (Å²) in [4.78, 5) is 12.2. The molecule has 3 nitrogen and oxygen atoms in total. The minimum atomic E-state index is -0.411. The van der Waals surface area contributed by atoms with Gasteiger partial charge in [-0.25, -0.2) is 4.79 Å². The standard InChI is InChI=1S/C26H24ClNO2/c1-17-14-19(27)15-18(2)20(17)12-7-13-28-26(29)30-16-25-23-10-5-3-8-21(23)22-9-4-6-11-24(22)25/h3-12,14-15,25H,13,16H2,1-2H3,(H,28,29). The van der Waals surface area contributed by atoms with Gasteiger partial charge in [0.25, 0.3) is 0 Å². The third-order valence-corrected chi connectivity index (χ3v) is 5.77. The van der Waals surface area contributed by atoms with Crippen LogP contribution in [0.25, 0.3) is 17.2 Å². The summed E-state index contributed by atoms with van der Waals surface area (Å²) in [5.41, 5.74) is 8.20. The first-order valence-electron chi connectivity index (χ1n) is 10.1. The Morgan fingerprint density at radius 2 is 1.57 bits per heavy atom. The van der Waals surface area contributed by atoms with Crippen LogP contribution >= 0.6 is 11.6 Å². The van der Waals surface area contributed by atoms with Gasteiger partial charge in [-0.15, -0.1) is 0 Å². The molecular weight excluding hydrogens is 394 g/mol. The summed E-state index contributed by atoms with van der Waals surface area (Å²) in [6.45, 7) is 4.77. The second-order valence-electron chi connectivity index (χ2n) is 7.56. The molecule has 1 N–H and O–H groups in total. The fourth-order valence-corrected chi connectivity index (χ4v) is 4.48. The molecule has 1 aliphatic rings. The number of amides is 1. The number of ether oxygens (including phenoxy) is 1. The highest BCUT2D eigenvalue weighted by Gasteiger charge is 2.28. The number of aryl methyl sites for hydroxylation is 2. The van der Waals surface area contributed by atoms with Crippen molar-refractivity contribution < 1.29 is 9.53 Å². The highest BCUT2D eigenvalue weighted by molar-refractivity contribution is 6.30. The Bertz CT molecular complexity index is 1050. The van der Waals surface area contributed by atoms with Crippen molar-refractivity contribution in [2.45, 2.75) is 19.8 Å². The lowest BCUT2D eigenvalue weighted by Gasteiger charge is -2.14. The van der Waals surface area contributed by atoms with Gasteiger partial charge < -0.3 is 10.1 Å². The van der Waals surface area contributed by atoms with E-state index in [0.29, 0.717) is 13.2 Å². The van der Waals surface area contributed by atoms with Gasteiger partial charge in [0.2, 0.25) is 0 Å². The molecule has 0 bridgehead atoms. The summed E-state index contributed by atoms with van der Waals surface area (Å²) < 4.78 is 5.55. The molecule has 1 aliphatic carbocycles. The molecule has 0 aromatic heterocycles. The van der Waals surface area contributed by atoms with E-state index in [0.717, 1.165) is 21.7 Å². The summed E-state index contributed by atoms with van der Waals surface area (Å²) in [5.74, 6) is 0.0676. The first kappa shape index (κ1) is 20.2. The molecule has 0 atom stereocenters. The Morgan fingerprint density at radius 1 is 1.00 bits per heavy atom. The summed E-state index contributed by atoms with van der Waals surface area (Å²) in [7, 11) is 0. The van der Waals surface area contributed by atoms with Gasteiger partial charge >= 0.3 is 6.09 Å². The van der Waals surface area contributed by atoms with Crippen molar-refractivity contribution in [3.8, 4) is 11.1 Å². The molecule has 3 aromatic rings. The van der Waals surface area contributed by atoms with E-state index in [-0.39, 0.29) is 5.92 Å². The van der Waals surface area contributed by atoms with Gasteiger partial charge in [-0.3, -0.25) is 0 Å². The number of alkyl carbamates (subject to hydrolysis) is 1. The molecule has 0 saturated carbocycles. The third kappa shape index (κ3) is 4.12. The van der Waals surface area contributed by atoms with Gasteiger partial charge in [-0.2, -0.15) is 0 Å². The van der Waals surface area contributed by atoms with Crippen LogP contribution in [0.15, 0.2) is 66.7 Å². The molecule has 0 aliphatic heterocycles. The summed E-state index contributed by atoms with van der Waals surface area (Å²) in [6, 6.07) is 20.5. The monoisotopic (exact) mass is 417 g/mol. The van der Waals surface area contributed by atoms with Crippen molar-refractivity contribution in [2.75, 3.05) is 13.2 Å². The van der Waals surface area contributed by atoms with Crippen molar-refractivity contribution in [3.63, 3.8) is 0 Å². The number of rotatable bonds is 5. The lowest BCUT2D eigenvalue weighted by Crippen LogP contribution is -2.26. The zero-order valence-corrected chi connectivity index (χ0v) is 17.9. The number of nitrogens with one attached hydrogen (secondary N) is 1. The second kappa shape index (κ2) is 8.76. The van der Waals surface area contributed by atoms with Crippen LogP contribution in [0.5, 0.6) is 0 Å². The Labute approximate surface area is 182 Å². The zero-order valence-electron chi connectivity index (χ0n) is 17.1. The van der Waals surface area contributed by atoms with E-state index >= 15 is 0 Å². The van der Waals surface area contributed by atoms with E-state index < -0.39 is 6.09 Å². The average Bonchev–Trinajstić information content (AvgIpc) is 3.05. The fraction of sp³-hybridized carbons (Fsp3) is 0.192. The van der Waals surface area contributed by atoms with Crippen LogP contribution < -0.4 is 5.32 Å². The minimum Gasteiger partial charge on any atom is -0.449 e. The molecule has 4 rings (SSSR count). The van der Waals surface area contributed by atoms with E-state index in [1.807, 2.05) is 62.4 Å². The minimum absolute atomic E-state index is 0.0676. The van der Waals surface area contributed by atoms with Crippen LogP contribution in [0.2, 0.25) is 5.02 Å². The Hall–Kier alpha value is -3.04. The number of fused-ring (bicyclic) bond motifs is 3. The lowest BCUT2D eigenvalue weighted by molar-refractivity contribution is 0.144. The van der Waals surface area contributed by atoms with E-state index in [1.54, 1.807) is 0 Å². The van der Waals surface area contributed by atoms with Crippen molar-refractivity contribution in [1.82, 2.24) is 5.32 Å². The van der Waals surface area contributed by atoms with Crippen LogP contribution in [0.3, 0.4) is 0 Å². The highest BCUT2D eigenvalue weighted by atomic mass is 35.5. The van der Waals surface area contributed by atoms with Crippen molar-refractivity contribution in [1.29, 1.82) is 0 Å². The first-order valence-corrected chi connectivity index (χ1v) is 10.4. The maximum absolute atomic E-state index is 12.2. The van der Waals surface area contributed by atoms with Gasteiger partial charge in [0, 0.05) is 17.5 Å². The zero-order chi connectivity index (χ0) is 21.1. The van der Waals surface area contributed by atoms with Crippen LogP contribution in [0.4, 0.5) is 4.79 Å². The molecule has 0 heterocycles. The molecular formula is C26H24ClNO2. The van der Waals surface area contributed by atoms with Crippen molar-refractivity contribution in [2.24, 2.45) is 0 Å². The maximum Gasteiger partial charge on any atom is 0.407 e. The number of carbonyl (C=O) groups excluding carboxylic acids is 1. The summed E-state index contributed by atoms with van der Waals surface area (Å²) in [6.07, 6.45) is 3.51. The number of carbonyl (C=O) groups is 1.